The predicted octanol–water partition coefficient (Wildman–Crippen LogP) is 8.10. The number of unbranched alkanes of at least 4 members (excludes halogenated alkanes) is 8. The quantitative estimate of drug-likeness (QED) is 0.115. The molecule has 0 atom stereocenters. The monoisotopic (exact) mass is 436 g/mol. The normalized spacial score (nSPS) is 11.3. The summed E-state index contributed by atoms with van der Waals surface area (Å²) in [5, 5.41) is 2.43. The molecule has 2 aromatic rings. The second-order valence-electron chi connectivity index (χ2n) is 8.65. The zero-order chi connectivity index (χ0) is 22.9. The fourth-order valence-corrected chi connectivity index (χ4v) is 3.86. The molecule has 0 heterocycles. The minimum absolute atomic E-state index is 0.283. The van der Waals surface area contributed by atoms with Crippen molar-refractivity contribution in [1.82, 2.24) is 0 Å². The molecule has 0 aliphatic carbocycles. The Morgan fingerprint density at radius 3 is 2.09 bits per heavy atom. The third-order valence-electron chi connectivity index (χ3n) is 5.78. The number of aryl methyl sites for hydroxylation is 1. The van der Waals surface area contributed by atoms with E-state index in [4.69, 9.17) is 4.74 Å². The molecule has 0 spiro atoms. The molecule has 0 N–H and O–H groups in total. The molecule has 0 bridgehead atoms. The Labute approximate surface area is 194 Å². The Bertz CT molecular complexity index is 837. The molecule has 0 amide bonds. The molecule has 0 saturated carbocycles. The fraction of sp³-hybridized carbons (Fsp3) is 0.517. The Morgan fingerprint density at radius 1 is 0.719 bits per heavy atom. The van der Waals surface area contributed by atoms with Gasteiger partial charge in [0, 0.05) is 12.8 Å². The lowest BCUT2D eigenvalue weighted by atomic mass is 10.0. The second kappa shape index (κ2) is 16.2. The maximum Gasteiger partial charge on any atom is 0.313 e. The van der Waals surface area contributed by atoms with E-state index in [1.54, 1.807) is 0 Å². The van der Waals surface area contributed by atoms with Crippen LogP contribution in [-0.4, -0.2) is 11.9 Å². The third-order valence-corrected chi connectivity index (χ3v) is 5.78. The van der Waals surface area contributed by atoms with E-state index >= 15 is 0 Å². The van der Waals surface area contributed by atoms with Gasteiger partial charge in [-0.1, -0.05) is 100 Å². The molecule has 0 aliphatic rings. The lowest BCUT2D eigenvalue weighted by molar-refractivity contribution is -0.159. The average Bonchev–Trinajstić information content (AvgIpc) is 2.79. The van der Waals surface area contributed by atoms with Gasteiger partial charge in [-0.3, -0.25) is 9.59 Å². The highest BCUT2D eigenvalue weighted by Crippen LogP contribution is 2.17. The van der Waals surface area contributed by atoms with Crippen molar-refractivity contribution in [3.05, 3.63) is 60.2 Å². The Hall–Kier alpha value is -2.42. The maximum atomic E-state index is 11.9. The fourth-order valence-electron chi connectivity index (χ4n) is 3.86. The van der Waals surface area contributed by atoms with Crippen LogP contribution in [0.15, 0.2) is 54.6 Å². The molecule has 2 aromatic carbocycles. The lowest BCUT2D eigenvalue weighted by Crippen LogP contribution is -2.12. The van der Waals surface area contributed by atoms with E-state index in [2.05, 4.69) is 49.4 Å². The van der Waals surface area contributed by atoms with Gasteiger partial charge in [-0.15, -0.1) is 0 Å². The van der Waals surface area contributed by atoms with Crippen molar-refractivity contribution in [2.75, 3.05) is 0 Å². The van der Waals surface area contributed by atoms with Gasteiger partial charge >= 0.3 is 11.9 Å². The number of allylic oxidation sites excluding steroid dienone is 2. The smallest absolute Gasteiger partial charge is 0.313 e. The number of esters is 2. The molecule has 32 heavy (non-hydrogen) atoms. The summed E-state index contributed by atoms with van der Waals surface area (Å²) >= 11 is 0. The molecule has 0 fully saturated rings. The zero-order valence-corrected chi connectivity index (χ0v) is 19.8. The summed E-state index contributed by atoms with van der Waals surface area (Å²) in [5.74, 6) is -0.777. The van der Waals surface area contributed by atoms with Crippen LogP contribution in [0, 0.1) is 0 Å². The molecule has 174 valence electrons. The molecule has 2 rings (SSSR count). The van der Waals surface area contributed by atoms with Gasteiger partial charge in [0.15, 0.2) is 0 Å². The molecular formula is C29H40O3. The largest absolute Gasteiger partial charge is 0.393 e. The van der Waals surface area contributed by atoms with E-state index in [1.165, 1.54) is 61.3 Å². The Balaban J connectivity index is 1.45. The van der Waals surface area contributed by atoms with Crippen molar-refractivity contribution in [2.45, 2.75) is 96.8 Å². The van der Waals surface area contributed by atoms with E-state index in [9.17, 15) is 9.59 Å². The van der Waals surface area contributed by atoms with Crippen LogP contribution < -0.4 is 0 Å². The number of hydrogen-bond acceptors (Lipinski definition) is 3. The van der Waals surface area contributed by atoms with Crippen LogP contribution in [0.2, 0.25) is 0 Å². The molecule has 0 aliphatic heterocycles. The van der Waals surface area contributed by atoms with Crippen LogP contribution >= 0.6 is 0 Å². The molecule has 0 aromatic heterocycles. The highest BCUT2D eigenvalue weighted by atomic mass is 16.6. The van der Waals surface area contributed by atoms with Crippen LogP contribution in [0.25, 0.3) is 10.8 Å². The highest BCUT2D eigenvalue weighted by Gasteiger charge is 2.10. The van der Waals surface area contributed by atoms with Crippen molar-refractivity contribution in [2.24, 2.45) is 0 Å². The predicted molar refractivity (Wildman–Crippen MR) is 134 cm³/mol. The number of hydrogen-bond donors (Lipinski definition) is 0. The molecule has 3 heteroatoms. The standard InChI is InChI=1S/C29H40O3/c1-2-3-4-5-6-7-8-9-10-11-12-13-20-28(30)32-29(31)21-16-17-25-22-23-26-18-14-15-19-27(26)24-25/h5-6,14-15,18-19,22-24H,2-4,7-13,16-17,20-21H2,1H3/b6-5-. The summed E-state index contributed by atoms with van der Waals surface area (Å²) in [5.41, 5.74) is 1.20. The molecule has 0 unspecified atom stereocenters. The van der Waals surface area contributed by atoms with E-state index in [-0.39, 0.29) is 12.4 Å². The van der Waals surface area contributed by atoms with Crippen molar-refractivity contribution in [3.63, 3.8) is 0 Å². The van der Waals surface area contributed by atoms with Gasteiger partial charge in [-0.25, -0.2) is 0 Å². The van der Waals surface area contributed by atoms with E-state index in [0.29, 0.717) is 12.8 Å². The average molecular weight is 437 g/mol. The maximum absolute atomic E-state index is 11.9. The minimum Gasteiger partial charge on any atom is -0.393 e. The summed E-state index contributed by atoms with van der Waals surface area (Å²) in [7, 11) is 0. The number of carbonyl (C=O) groups excluding carboxylic acids is 2. The van der Waals surface area contributed by atoms with Crippen molar-refractivity contribution in [1.29, 1.82) is 0 Å². The summed E-state index contributed by atoms with van der Waals surface area (Å²) in [4.78, 5) is 23.8. The first-order valence-corrected chi connectivity index (χ1v) is 12.5. The van der Waals surface area contributed by atoms with Gasteiger partial charge in [0.25, 0.3) is 0 Å². The summed E-state index contributed by atoms with van der Waals surface area (Å²) < 4.78 is 4.97. The first-order valence-electron chi connectivity index (χ1n) is 12.5. The van der Waals surface area contributed by atoms with Crippen molar-refractivity contribution in [3.8, 4) is 0 Å². The molecule has 0 radical (unpaired) electrons. The highest BCUT2D eigenvalue weighted by molar-refractivity contribution is 5.85. The van der Waals surface area contributed by atoms with Gasteiger partial charge in [-0.05, 0) is 54.9 Å². The summed E-state index contributed by atoms with van der Waals surface area (Å²) in [6.45, 7) is 2.22. The van der Waals surface area contributed by atoms with Crippen LogP contribution in [0.3, 0.4) is 0 Å². The topological polar surface area (TPSA) is 43.4 Å². The SMILES string of the molecule is CCCC/C=C\CCCCCCCCC(=O)OC(=O)CCCc1ccc2ccccc2c1. The van der Waals surface area contributed by atoms with Crippen LogP contribution in [0.4, 0.5) is 0 Å². The van der Waals surface area contributed by atoms with Gasteiger partial charge in [-0.2, -0.15) is 0 Å². The zero-order valence-electron chi connectivity index (χ0n) is 19.8. The first-order chi connectivity index (χ1) is 15.7. The number of carbonyl (C=O) groups is 2. The molecule has 3 nitrogen and oxygen atoms in total. The first kappa shape index (κ1) is 25.8. The second-order valence-corrected chi connectivity index (χ2v) is 8.65. The van der Waals surface area contributed by atoms with Gasteiger partial charge in [0.05, 0.1) is 0 Å². The van der Waals surface area contributed by atoms with Gasteiger partial charge in [0.2, 0.25) is 0 Å². The van der Waals surface area contributed by atoms with Crippen LogP contribution in [-0.2, 0) is 20.7 Å². The number of rotatable bonds is 16. The summed E-state index contributed by atoms with van der Waals surface area (Å²) in [6, 6.07) is 14.6. The van der Waals surface area contributed by atoms with Gasteiger partial charge in [0.1, 0.15) is 0 Å². The number of ether oxygens (including phenoxy) is 1. The van der Waals surface area contributed by atoms with E-state index in [1.807, 2.05) is 12.1 Å². The Morgan fingerprint density at radius 2 is 1.34 bits per heavy atom. The Kier molecular flexibility index (Phi) is 13.1. The minimum atomic E-state index is -0.400. The molecule has 0 saturated heterocycles. The van der Waals surface area contributed by atoms with Gasteiger partial charge < -0.3 is 4.74 Å². The van der Waals surface area contributed by atoms with Crippen molar-refractivity contribution >= 4 is 22.7 Å². The summed E-state index contributed by atoms with van der Waals surface area (Å²) in [6.07, 6.45) is 18.4. The van der Waals surface area contributed by atoms with E-state index < -0.39 is 5.97 Å². The van der Waals surface area contributed by atoms with Crippen molar-refractivity contribution < 1.29 is 14.3 Å². The third kappa shape index (κ3) is 11.3. The lowest BCUT2D eigenvalue weighted by Gasteiger charge is -2.05. The number of benzene rings is 2. The van der Waals surface area contributed by atoms with Crippen LogP contribution in [0.1, 0.15) is 96.0 Å². The van der Waals surface area contributed by atoms with E-state index in [0.717, 1.165) is 25.7 Å². The van der Waals surface area contributed by atoms with Crippen LogP contribution in [0.5, 0.6) is 0 Å². The molecular weight excluding hydrogens is 396 g/mol. The number of fused-ring (bicyclic) bond motifs is 1.